The molecule has 0 radical (unpaired) electrons. The average Bonchev–Trinajstić information content (AvgIpc) is 2.73. The summed E-state index contributed by atoms with van der Waals surface area (Å²) in [5, 5.41) is 4.14. The third-order valence-electron chi connectivity index (χ3n) is 4.75. The molecule has 2 rings (SSSR count). The molecule has 1 atom stereocenters. The molecule has 7 heteroatoms. The molecule has 0 aliphatic heterocycles. The molecule has 2 amide bonds. The number of hydrogen-bond acceptors (Lipinski definition) is 3. The topological polar surface area (TPSA) is 58.6 Å². The SMILES string of the molecule is CCCCNC(=O)C(C)N(Cc1ccc(Cl)cc1)C(=O)COc1ccc(Cl)c(C)c1. The van der Waals surface area contributed by atoms with Crippen LogP contribution in [0.25, 0.3) is 0 Å². The number of hydrogen-bond donors (Lipinski definition) is 1. The molecule has 0 spiro atoms. The molecule has 0 aliphatic rings. The van der Waals surface area contributed by atoms with Crippen LogP contribution in [-0.2, 0) is 16.1 Å². The number of nitrogens with one attached hydrogen (secondary N) is 1. The zero-order valence-corrected chi connectivity index (χ0v) is 19.1. The highest BCUT2D eigenvalue weighted by Crippen LogP contribution is 2.21. The van der Waals surface area contributed by atoms with Crippen LogP contribution in [0.3, 0.4) is 0 Å². The molecule has 0 saturated carbocycles. The number of ether oxygens (including phenoxy) is 1. The first-order valence-corrected chi connectivity index (χ1v) is 10.8. The van der Waals surface area contributed by atoms with E-state index in [1.165, 1.54) is 4.90 Å². The van der Waals surface area contributed by atoms with Gasteiger partial charge in [-0.3, -0.25) is 9.59 Å². The molecule has 30 heavy (non-hydrogen) atoms. The number of carbonyl (C=O) groups excluding carboxylic acids is 2. The van der Waals surface area contributed by atoms with Crippen molar-refractivity contribution in [2.75, 3.05) is 13.2 Å². The van der Waals surface area contributed by atoms with Gasteiger partial charge in [-0.15, -0.1) is 0 Å². The monoisotopic (exact) mass is 450 g/mol. The summed E-state index contributed by atoms with van der Waals surface area (Å²) in [4.78, 5) is 27.1. The van der Waals surface area contributed by atoms with Gasteiger partial charge in [0.15, 0.2) is 6.61 Å². The Kier molecular flexibility index (Phi) is 9.47. The Morgan fingerprint density at radius 2 is 1.83 bits per heavy atom. The molecular weight excluding hydrogens is 423 g/mol. The molecule has 0 aliphatic carbocycles. The molecule has 0 saturated heterocycles. The Labute approximate surface area is 188 Å². The first-order chi connectivity index (χ1) is 14.3. The van der Waals surface area contributed by atoms with E-state index in [4.69, 9.17) is 27.9 Å². The summed E-state index contributed by atoms with van der Waals surface area (Å²) in [5.41, 5.74) is 1.74. The number of benzene rings is 2. The van der Waals surface area contributed by atoms with E-state index in [9.17, 15) is 9.59 Å². The predicted molar refractivity (Wildman–Crippen MR) is 121 cm³/mol. The van der Waals surface area contributed by atoms with E-state index in [0.717, 1.165) is 24.0 Å². The smallest absolute Gasteiger partial charge is 0.261 e. The van der Waals surface area contributed by atoms with Crippen molar-refractivity contribution in [1.82, 2.24) is 10.2 Å². The second-order valence-electron chi connectivity index (χ2n) is 7.17. The van der Waals surface area contributed by atoms with Crippen LogP contribution in [0, 0.1) is 6.92 Å². The highest BCUT2D eigenvalue weighted by Gasteiger charge is 2.26. The summed E-state index contributed by atoms with van der Waals surface area (Å²) in [7, 11) is 0. The minimum atomic E-state index is -0.638. The van der Waals surface area contributed by atoms with Gasteiger partial charge in [-0.25, -0.2) is 0 Å². The van der Waals surface area contributed by atoms with Crippen LogP contribution in [0.1, 0.15) is 37.8 Å². The van der Waals surface area contributed by atoms with Crippen LogP contribution in [0.5, 0.6) is 5.75 Å². The Bertz CT molecular complexity index is 856. The third-order valence-corrected chi connectivity index (χ3v) is 5.43. The van der Waals surface area contributed by atoms with Crippen molar-refractivity contribution < 1.29 is 14.3 Å². The first kappa shape index (κ1) is 24.0. The molecule has 0 fully saturated rings. The summed E-state index contributed by atoms with van der Waals surface area (Å²) in [6.07, 6.45) is 1.87. The lowest BCUT2D eigenvalue weighted by Crippen LogP contribution is -2.49. The van der Waals surface area contributed by atoms with Crippen LogP contribution in [0.15, 0.2) is 42.5 Å². The lowest BCUT2D eigenvalue weighted by Gasteiger charge is -2.28. The molecule has 2 aromatic rings. The maximum absolute atomic E-state index is 13.0. The lowest BCUT2D eigenvalue weighted by atomic mass is 10.1. The van der Waals surface area contributed by atoms with Gasteiger partial charge in [0, 0.05) is 23.1 Å². The third kappa shape index (κ3) is 7.22. The van der Waals surface area contributed by atoms with Crippen LogP contribution >= 0.6 is 23.2 Å². The van der Waals surface area contributed by atoms with E-state index >= 15 is 0 Å². The first-order valence-electron chi connectivity index (χ1n) is 10.0. The minimum Gasteiger partial charge on any atom is -0.484 e. The number of rotatable bonds is 10. The van der Waals surface area contributed by atoms with Crippen molar-refractivity contribution in [1.29, 1.82) is 0 Å². The Morgan fingerprint density at radius 1 is 1.13 bits per heavy atom. The van der Waals surface area contributed by atoms with E-state index in [1.807, 2.05) is 19.1 Å². The molecule has 0 bridgehead atoms. The summed E-state index contributed by atoms with van der Waals surface area (Å²) >= 11 is 12.0. The molecule has 2 aromatic carbocycles. The van der Waals surface area contributed by atoms with Gasteiger partial charge in [0.1, 0.15) is 11.8 Å². The van der Waals surface area contributed by atoms with Crippen LogP contribution in [0.4, 0.5) is 0 Å². The predicted octanol–water partition coefficient (Wildman–Crippen LogP) is 5.01. The minimum absolute atomic E-state index is 0.179. The largest absolute Gasteiger partial charge is 0.484 e. The van der Waals surface area contributed by atoms with Gasteiger partial charge in [0.05, 0.1) is 0 Å². The van der Waals surface area contributed by atoms with E-state index in [0.29, 0.717) is 22.3 Å². The molecule has 0 aromatic heterocycles. The molecule has 5 nitrogen and oxygen atoms in total. The van der Waals surface area contributed by atoms with Crippen LogP contribution in [0.2, 0.25) is 10.0 Å². The number of carbonyl (C=O) groups is 2. The number of nitrogens with zero attached hydrogens (tertiary/aromatic N) is 1. The van der Waals surface area contributed by atoms with Gasteiger partial charge in [-0.2, -0.15) is 0 Å². The maximum Gasteiger partial charge on any atom is 0.261 e. The van der Waals surface area contributed by atoms with Crippen molar-refractivity contribution in [3.63, 3.8) is 0 Å². The van der Waals surface area contributed by atoms with Crippen molar-refractivity contribution in [3.05, 3.63) is 63.6 Å². The standard InChI is InChI=1S/C23H28Cl2N2O3/c1-4-5-12-26-23(29)17(3)27(14-18-6-8-19(24)9-7-18)22(28)15-30-20-10-11-21(25)16(2)13-20/h6-11,13,17H,4-5,12,14-15H2,1-3H3,(H,26,29). The average molecular weight is 451 g/mol. The van der Waals surface area contributed by atoms with E-state index in [1.54, 1.807) is 37.3 Å². The van der Waals surface area contributed by atoms with Crippen molar-refractivity contribution in [3.8, 4) is 5.75 Å². The van der Waals surface area contributed by atoms with E-state index < -0.39 is 6.04 Å². The Hall–Kier alpha value is -2.24. The van der Waals surface area contributed by atoms with Gasteiger partial charge < -0.3 is 15.0 Å². The van der Waals surface area contributed by atoms with Gasteiger partial charge >= 0.3 is 0 Å². The van der Waals surface area contributed by atoms with Gasteiger partial charge in [-0.05, 0) is 61.7 Å². The van der Waals surface area contributed by atoms with Crippen molar-refractivity contribution in [2.24, 2.45) is 0 Å². The summed E-state index contributed by atoms with van der Waals surface area (Å²) in [5.74, 6) is 0.0838. The normalized spacial score (nSPS) is 11.6. The summed E-state index contributed by atoms with van der Waals surface area (Å²) in [6, 6.07) is 11.8. The molecule has 0 heterocycles. The number of aryl methyl sites for hydroxylation is 1. The second kappa shape index (κ2) is 11.8. The summed E-state index contributed by atoms with van der Waals surface area (Å²) < 4.78 is 5.67. The Morgan fingerprint density at radius 3 is 2.47 bits per heavy atom. The van der Waals surface area contributed by atoms with Crippen molar-refractivity contribution >= 4 is 35.0 Å². The fraction of sp³-hybridized carbons (Fsp3) is 0.391. The molecule has 162 valence electrons. The van der Waals surface area contributed by atoms with Crippen LogP contribution in [-0.4, -0.2) is 35.9 Å². The number of halogens is 2. The van der Waals surface area contributed by atoms with Gasteiger partial charge in [0.25, 0.3) is 5.91 Å². The number of unbranched alkanes of at least 4 members (excludes halogenated alkanes) is 1. The maximum atomic E-state index is 13.0. The fourth-order valence-electron chi connectivity index (χ4n) is 2.84. The zero-order chi connectivity index (χ0) is 22.1. The molecular formula is C23H28Cl2N2O3. The van der Waals surface area contributed by atoms with E-state index in [2.05, 4.69) is 12.2 Å². The number of amides is 2. The zero-order valence-electron chi connectivity index (χ0n) is 17.6. The van der Waals surface area contributed by atoms with Gasteiger partial charge in [0.2, 0.25) is 5.91 Å². The Balaban J connectivity index is 2.11. The van der Waals surface area contributed by atoms with Gasteiger partial charge in [-0.1, -0.05) is 48.7 Å². The quantitative estimate of drug-likeness (QED) is 0.517. The highest BCUT2D eigenvalue weighted by atomic mass is 35.5. The second-order valence-corrected chi connectivity index (χ2v) is 8.01. The molecule has 1 unspecified atom stereocenters. The van der Waals surface area contributed by atoms with Crippen LogP contribution < -0.4 is 10.1 Å². The summed E-state index contributed by atoms with van der Waals surface area (Å²) in [6.45, 7) is 6.34. The highest BCUT2D eigenvalue weighted by molar-refractivity contribution is 6.31. The molecule has 1 N–H and O–H groups in total. The lowest BCUT2D eigenvalue weighted by molar-refractivity contribution is -0.142. The fourth-order valence-corrected chi connectivity index (χ4v) is 3.08. The van der Waals surface area contributed by atoms with Crippen molar-refractivity contribution in [2.45, 2.75) is 46.2 Å². The van der Waals surface area contributed by atoms with E-state index in [-0.39, 0.29) is 25.0 Å².